The molecule has 0 spiro atoms. The average molecular weight is 453 g/mol. The maximum absolute atomic E-state index is 13.1. The molecule has 0 unspecified atom stereocenters. The largest absolute Gasteiger partial charge is 0.467 e. The van der Waals surface area contributed by atoms with Crippen molar-refractivity contribution in [1.82, 2.24) is 10.2 Å². The SMILES string of the molecule is COC(=O)[C@H](C(C)C)N(C)C(=O)C(C)(C)NC(=O)OCC1c2ccccc2-c2ccccc21. The minimum Gasteiger partial charge on any atom is -0.467 e. The molecule has 33 heavy (non-hydrogen) atoms. The normalized spacial score (nSPS) is 13.7. The Bertz CT molecular complexity index is 1000. The number of likely N-dealkylation sites (N-methyl/N-ethyl adjacent to an activating group) is 1. The van der Waals surface area contributed by atoms with Crippen LogP contribution in [0, 0.1) is 5.92 Å². The van der Waals surface area contributed by atoms with Crippen LogP contribution in [0.3, 0.4) is 0 Å². The number of esters is 1. The zero-order valence-electron chi connectivity index (χ0n) is 20.0. The second-order valence-corrected chi connectivity index (χ2v) is 9.20. The minimum absolute atomic E-state index is 0.0747. The van der Waals surface area contributed by atoms with E-state index in [0.717, 1.165) is 22.3 Å². The van der Waals surface area contributed by atoms with Crippen LogP contribution in [-0.4, -0.2) is 55.2 Å². The van der Waals surface area contributed by atoms with Crippen LogP contribution >= 0.6 is 0 Å². The van der Waals surface area contributed by atoms with Crippen LogP contribution in [0.2, 0.25) is 0 Å². The second-order valence-electron chi connectivity index (χ2n) is 9.20. The lowest BCUT2D eigenvalue weighted by Gasteiger charge is -2.35. The number of carbonyl (C=O) groups excluding carboxylic acids is 3. The molecule has 1 aliphatic carbocycles. The van der Waals surface area contributed by atoms with Crippen LogP contribution < -0.4 is 5.32 Å². The molecule has 7 nitrogen and oxygen atoms in total. The van der Waals surface area contributed by atoms with Crippen molar-refractivity contribution in [2.24, 2.45) is 5.92 Å². The topological polar surface area (TPSA) is 84.9 Å². The van der Waals surface area contributed by atoms with Crippen LogP contribution in [-0.2, 0) is 19.1 Å². The van der Waals surface area contributed by atoms with Crippen molar-refractivity contribution >= 4 is 18.0 Å². The van der Waals surface area contributed by atoms with E-state index in [1.165, 1.54) is 19.1 Å². The Balaban J connectivity index is 1.68. The Kier molecular flexibility index (Phi) is 7.10. The Morgan fingerprint density at radius 2 is 1.52 bits per heavy atom. The molecule has 2 amide bonds. The molecule has 0 saturated heterocycles. The van der Waals surface area contributed by atoms with Gasteiger partial charge in [0, 0.05) is 13.0 Å². The Morgan fingerprint density at radius 1 is 1.00 bits per heavy atom. The highest BCUT2D eigenvalue weighted by Crippen LogP contribution is 2.44. The van der Waals surface area contributed by atoms with Gasteiger partial charge in [0.15, 0.2) is 0 Å². The molecule has 3 rings (SSSR count). The molecular weight excluding hydrogens is 420 g/mol. The summed E-state index contributed by atoms with van der Waals surface area (Å²) in [7, 11) is 2.82. The summed E-state index contributed by atoms with van der Waals surface area (Å²) in [5.41, 5.74) is 3.22. The van der Waals surface area contributed by atoms with Crippen LogP contribution in [0.25, 0.3) is 11.1 Å². The van der Waals surface area contributed by atoms with E-state index in [1.807, 2.05) is 50.2 Å². The lowest BCUT2D eigenvalue weighted by molar-refractivity contribution is -0.155. The molecule has 7 heteroatoms. The van der Waals surface area contributed by atoms with E-state index in [0.29, 0.717) is 0 Å². The van der Waals surface area contributed by atoms with Crippen molar-refractivity contribution in [2.45, 2.75) is 45.2 Å². The number of rotatable bonds is 7. The zero-order chi connectivity index (χ0) is 24.3. The lowest BCUT2D eigenvalue weighted by Crippen LogP contribution is -2.59. The summed E-state index contributed by atoms with van der Waals surface area (Å²) >= 11 is 0. The van der Waals surface area contributed by atoms with E-state index in [4.69, 9.17) is 9.47 Å². The number of fused-ring (bicyclic) bond motifs is 3. The second kappa shape index (κ2) is 9.65. The third-order valence-electron chi connectivity index (χ3n) is 6.10. The number of benzene rings is 2. The van der Waals surface area contributed by atoms with Gasteiger partial charge >= 0.3 is 12.1 Å². The highest BCUT2D eigenvalue weighted by Gasteiger charge is 2.39. The first-order valence-corrected chi connectivity index (χ1v) is 11.1. The van der Waals surface area contributed by atoms with Crippen molar-refractivity contribution in [3.8, 4) is 11.1 Å². The predicted molar refractivity (Wildman–Crippen MR) is 126 cm³/mol. The molecule has 0 saturated carbocycles. The fraction of sp³-hybridized carbons (Fsp3) is 0.423. The lowest BCUT2D eigenvalue weighted by atomic mass is 9.98. The summed E-state index contributed by atoms with van der Waals surface area (Å²) in [6.07, 6.45) is -0.692. The first kappa shape index (κ1) is 24.3. The molecule has 0 heterocycles. The van der Waals surface area contributed by atoms with Gasteiger partial charge in [-0.05, 0) is 42.0 Å². The highest BCUT2D eigenvalue weighted by molar-refractivity contribution is 5.92. The fourth-order valence-electron chi connectivity index (χ4n) is 4.51. The number of amides is 2. The van der Waals surface area contributed by atoms with Crippen molar-refractivity contribution < 1.29 is 23.9 Å². The molecule has 0 fully saturated rings. The number of methoxy groups -OCH3 is 1. The summed E-state index contributed by atoms with van der Waals surface area (Å²) in [5, 5.41) is 2.66. The van der Waals surface area contributed by atoms with Crippen LogP contribution in [0.5, 0.6) is 0 Å². The molecule has 0 aromatic heterocycles. The summed E-state index contributed by atoms with van der Waals surface area (Å²) < 4.78 is 10.4. The molecule has 1 atom stereocenters. The standard InChI is InChI=1S/C26H32N2O5/c1-16(2)22(23(29)32-6)28(5)24(30)26(3,4)27-25(31)33-15-21-19-13-9-7-11-17(19)18-12-8-10-14-20(18)21/h7-14,16,21-22H,15H2,1-6H3,(H,27,31)/t22-/m0/s1. The molecule has 2 aromatic carbocycles. The number of hydrogen-bond acceptors (Lipinski definition) is 5. The molecule has 0 radical (unpaired) electrons. The van der Waals surface area contributed by atoms with E-state index in [-0.39, 0.29) is 18.4 Å². The fourth-order valence-corrected chi connectivity index (χ4v) is 4.51. The van der Waals surface area contributed by atoms with Gasteiger partial charge in [0.1, 0.15) is 18.2 Å². The van der Waals surface area contributed by atoms with Crippen LogP contribution in [0.4, 0.5) is 4.79 Å². The summed E-state index contributed by atoms with van der Waals surface area (Å²) in [6, 6.07) is 15.4. The number of alkyl carbamates (subject to hydrolysis) is 1. The number of ether oxygens (including phenoxy) is 2. The van der Waals surface area contributed by atoms with Crippen molar-refractivity contribution in [3.63, 3.8) is 0 Å². The van der Waals surface area contributed by atoms with Gasteiger partial charge in [0.2, 0.25) is 5.91 Å². The molecule has 176 valence electrons. The number of carbonyl (C=O) groups is 3. The monoisotopic (exact) mass is 452 g/mol. The van der Waals surface area contributed by atoms with Gasteiger partial charge in [0.05, 0.1) is 7.11 Å². The predicted octanol–water partition coefficient (Wildman–Crippen LogP) is 3.96. The molecular formula is C26H32N2O5. The van der Waals surface area contributed by atoms with Gasteiger partial charge in [-0.2, -0.15) is 0 Å². The number of nitrogens with one attached hydrogen (secondary N) is 1. The van der Waals surface area contributed by atoms with Gasteiger partial charge in [-0.15, -0.1) is 0 Å². The van der Waals surface area contributed by atoms with E-state index in [1.54, 1.807) is 13.8 Å². The first-order chi connectivity index (χ1) is 15.6. The van der Waals surface area contributed by atoms with Gasteiger partial charge < -0.3 is 19.7 Å². The Labute approximate surface area is 195 Å². The van der Waals surface area contributed by atoms with Gasteiger partial charge in [-0.25, -0.2) is 9.59 Å². The van der Waals surface area contributed by atoms with Crippen molar-refractivity contribution in [1.29, 1.82) is 0 Å². The molecule has 0 bridgehead atoms. The van der Waals surface area contributed by atoms with Gasteiger partial charge in [-0.3, -0.25) is 4.79 Å². The number of hydrogen-bond donors (Lipinski definition) is 1. The van der Waals surface area contributed by atoms with Crippen LogP contribution in [0.1, 0.15) is 44.7 Å². The van der Waals surface area contributed by atoms with Crippen LogP contribution in [0.15, 0.2) is 48.5 Å². The summed E-state index contributed by atoms with van der Waals surface area (Å²) in [4.78, 5) is 39.3. The van der Waals surface area contributed by atoms with E-state index < -0.39 is 29.6 Å². The average Bonchev–Trinajstić information content (AvgIpc) is 3.10. The van der Waals surface area contributed by atoms with E-state index in [2.05, 4.69) is 17.4 Å². The van der Waals surface area contributed by atoms with Gasteiger partial charge in [0.25, 0.3) is 0 Å². The maximum atomic E-state index is 13.1. The van der Waals surface area contributed by atoms with Crippen molar-refractivity contribution in [3.05, 3.63) is 59.7 Å². The smallest absolute Gasteiger partial charge is 0.408 e. The zero-order valence-corrected chi connectivity index (χ0v) is 20.0. The third kappa shape index (κ3) is 4.87. The molecule has 1 aliphatic rings. The number of nitrogens with zero attached hydrogens (tertiary/aromatic N) is 1. The molecule has 1 N–H and O–H groups in total. The maximum Gasteiger partial charge on any atom is 0.408 e. The molecule has 0 aliphatic heterocycles. The summed E-state index contributed by atoms with van der Waals surface area (Å²) in [5.74, 6) is -1.15. The van der Waals surface area contributed by atoms with E-state index in [9.17, 15) is 14.4 Å². The summed E-state index contributed by atoms with van der Waals surface area (Å²) in [6.45, 7) is 6.98. The van der Waals surface area contributed by atoms with Gasteiger partial charge in [-0.1, -0.05) is 62.4 Å². The third-order valence-corrected chi connectivity index (χ3v) is 6.10. The van der Waals surface area contributed by atoms with Crippen molar-refractivity contribution in [2.75, 3.05) is 20.8 Å². The molecule has 2 aromatic rings. The quantitative estimate of drug-likeness (QED) is 0.643. The Hall–Kier alpha value is -3.35. The Morgan fingerprint density at radius 3 is 2.00 bits per heavy atom. The first-order valence-electron chi connectivity index (χ1n) is 11.1. The minimum atomic E-state index is -1.28. The van der Waals surface area contributed by atoms with E-state index >= 15 is 0 Å². The highest BCUT2D eigenvalue weighted by atomic mass is 16.5.